The molecular weight excluding hydrogens is 352 g/mol. The van der Waals surface area contributed by atoms with Crippen molar-refractivity contribution in [3.05, 3.63) is 30.1 Å². The van der Waals surface area contributed by atoms with E-state index < -0.39 is 0 Å². The second-order valence-corrected chi connectivity index (χ2v) is 8.30. The number of aromatic nitrogens is 1. The number of rotatable bonds is 8. The van der Waals surface area contributed by atoms with Gasteiger partial charge in [-0.1, -0.05) is 0 Å². The van der Waals surface area contributed by atoms with E-state index in [0.717, 1.165) is 58.5 Å². The van der Waals surface area contributed by atoms with E-state index in [4.69, 9.17) is 4.74 Å². The minimum Gasteiger partial charge on any atom is -0.385 e. The Morgan fingerprint density at radius 1 is 1.21 bits per heavy atom. The molecule has 2 aliphatic rings. The van der Waals surface area contributed by atoms with Crippen LogP contribution in [0.3, 0.4) is 0 Å². The van der Waals surface area contributed by atoms with E-state index in [1.54, 1.807) is 7.11 Å². The van der Waals surface area contributed by atoms with E-state index in [1.807, 2.05) is 24.3 Å². The maximum Gasteiger partial charge on any atom is 0.226 e. The molecule has 28 heavy (non-hydrogen) atoms. The van der Waals surface area contributed by atoms with E-state index in [1.165, 1.54) is 18.4 Å². The van der Waals surface area contributed by atoms with E-state index in [0.29, 0.717) is 18.6 Å². The second-order valence-electron chi connectivity index (χ2n) is 8.30. The molecule has 0 radical (unpaired) electrons. The molecule has 0 N–H and O–H groups in total. The lowest BCUT2D eigenvalue weighted by atomic mass is 9.93. The average Bonchev–Trinajstić information content (AvgIpc) is 2.74. The summed E-state index contributed by atoms with van der Waals surface area (Å²) in [6.45, 7) is 6.87. The first-order valence-electron chi connectivity index (χ1n) is 10.8. The molecule has 2 fully saturated rings. The van der Waals surface area contributed by atoms with Crippen LogP contribution in [0.5, 0.6) is 0 Å². The number of likely N-dealkylation sites (tertiary alicyclic amines) is 2. The summed E-state index contributed by atoms with van der Waals surface area (Å²) < 4.78 is 5.11. The van der Waals surface area contributed by atoms with Crippen molar-refractivity contribution in [1.82, 2.24) is 19.7 Å². The summed E-state index contributed by atoms with van der Waals surface area (Å²) >= 11 is 0. The number of carbonyl (C=O) groups is 1. The summed E-state index contributed by atoms with van der Waals surface area (Å²) in [5.74, 6) is 0.479. The van der Waals surface area contributed by atoms with Gasteiger partial charge in [-0.25, -0.2) is 0 Å². The van der Waals surface area contributed by atoms with Crippen molar-refractivity contribution in [2.75, 3.05) is 53.5 Å². The maximum absolute atomic E-state index is 12.8. The van der Waals surface area contributed by atoms with Crippen LogP contribution in [0.2, 0.25) is 0 Å². The molecule has 0 saturated carbocycles. The molecule has 2 saturated heterocycles. The van der Waals surface area contributed by atoms with Crippen LogP contribution in [0.1, 0.15) is 37.7 Å². The highest BCUT2D eigenvalue weighted by atomic mass is 16.5. The number of hydrogen-bond donors (Lipinski definition) is 0. The van der Waals surface area contributed by atoms with Crippen molar-refractivity contribution >= 4 is 5.91 Å². The minimum atomic E-state index is 0.163. The standard InChI is InChI=1S/C22H36N4O2/c1-24(12-4-16-28-2)22(27)20-5-3-13-26(18-20)21-8-14-25(15-9-21)17-19-6-10-23-11-7-19/h6-7,10-11,20-21H,3-5,8-9,12-18H2,1-2H3/t20-/m0/s1. The summed E-state index contributed by atoms with van der Waals surface area (Å²) in [6, 6.07) is 4.84. The number of methoxy groups -OCH3 is 1. The van der Waals surface area contributed by atoms with Gasteiger partial charge >= 0.3 is 0 Å². The zero-order valence-electron chi connectivity index (χ0n) is 17.6. The van der Waals surface area contributed by atoms with Crippen molar-refractivity contribution in [2.24, 2.45) is 5.92 Å². The Kier molecular flexibility index (Phi) is 8.25. The summed E-state index contributed by atoms with van der Waals surface area (Å²) in [4.78, 5) is 24.0. The fourth-order valence-electron chi connectivity index (χ4n) is 4.60. The van der Waals surface area contributed by atoms with Crippen LogP contribution in [-0.2, 0) is 16.1 Å². The molecule has 0 spiro atoms. The number of pyridine rings is 1. The molecular formula is C22H36N4O2. The van der Waals surface area contributed by atoms with Crippen molar-refractivity contribution < 1.29 is 9.53 Å². The quantitative estimate of drug-likeness (QED) is 0.640. The molecule has 1 amide bonds. The van der Waals surface area contributed by atoms with Crippen LogP contribution in [0.4, 0.5) is 0 Å². The number of hydrogen-bond acceptors (Lipinski definition) is 5. The fraction of sp³-hybridized carbons (Fsp3) is 0.727. The van der Waals surface area contributed by atoms with Gasteiger partial charge in [-0.3, -0.25) is 19.6 Å². The van der Waals surface area contributed by atoms with Crippen LogP contribution in [-0.4, -0.2) is 85.1 Å². The Labute approximate surface area is 169 Å². The number of carbonyl (C=O) groups excluding carboxylic acids is 1. The van der Waals surface area contributed by atoms with E-state index in [-0.39, 0.29) is 5.92 Å². The van der Waals surface area contributed by atoms with Crippen molar-refractivity contribution in [1.29, 1.82) is 0 Å². The van der Waals surface area contributed by atoms with Gasteiger partial charge in [0.05, 0.1) is 5.92 Å². The topological polar surface area (TPSA) is 48.9 Å². The lowest BCUT2D eigenvalue weighted by Crippen LogP contribution is -2.50. The summed E-state index contributed by atoms with van der Waals surface area (Å²) in [6.07, 6.45) is 9.24. The SMILES string of the molecule is COCCCN(C)C(=O)[C@H]1CCCN(C2CCN(Cc3ccncc3)CC2)C1. The summed E-state index contributed by atoms with van der Waals surface area (Å²) in [5, 5.41) is 0. The van der Waals surface area contributed by atoms with Gasteiger partial charge in [0.25, 0.3) is 0 Å². The van der Waals surface area contributed by atoms with Gasteiger partial charge in [-0.15, -0.1) is 0 Å². The summed E-state index contributed by atoms with van der Waals surface area (Å²) in [7, 11) is 3.65. The molecule has 0 unspecified atom stereocenters. The largest absolute Gasteiger partial charge is 0.385 e. The van der Waals surface area contributed by atoms with Gasteiger partial charge in [-0.05, 0) is 69.4 Å². The lowest BCUT2D eigenvalue weighted by Gasteiger charge is -2.42. The summed E-state index contributed by atoms with van der Waals surface area (Å²) in [5.41, 5.74) is 1.34. The first-order valence-corrected chi connectivity index (χ1v) is 10.8. The number of piperidine rings is 2. The average molecular weight is 389 g/mol. The van der Waals surface area contributed by atoms with Gasteiger partial charge in [0, 0.05) is 58.8 Å². The molecule has 0 aliphatic carbocycles. The molecule has 6 nitrogen and oxygen atoms in total. The Morgan fingerprint density at radius 3 is 2.68 bits per heavy atom. The Morgan fingerprint density at radius 2 is 1.96 bits per heavy atom. The molecule has 3 rings (SSSR count). The maximum atomic E-state index is 12.8. The number of ether oxygens (including phenoxy) is 1. The van der Waals surface area contributed by atoms with Crippen LogP contribution in [0.25, 0.3) is 0 Å². The fourth-order valence-corrected chi connectivity index (χ4v) is 4.60. The van der Waals surface area contributed by atoms with Crippen LogP contribution < -0.4 is 0 Å². The minimum absolute atomic E-state index is 0.163. The van der Waals surface area contributed by atoms with Crippen LogP contribution >= 0.6 is 0 Å². The van der Waals surface area contributed by atoms with Crippen molar-refractivity contribution in [3.63, 3.8) is 0 Å². The van der Waals surface area contributed by atoms with E-state index in [9.17, 15) is 4.79 Å². The first kappa shape index (κ1) is 21.2. The molecule has 0 aromatic carbocycles. The van der Waals surface area contributed by atoms with Crippen LogP contribution in [0.15, 0.2) is 24.5 Å². The lowest BCUT2D eigenvalue weighted by molar-refractivity contribution is -0.136. The molecule has 2 aliphatic heterocycles. The van der Waals surface area contributed by atoms with Gasteiger partial charge in [0.2, 0.25) is 5.91 Å². The highest BCUT2D eigenvalue weighted by Crippen LogP contribution is 2.25. The van der Waals surface area contributed by atoms with Gasteiger partial charge in [-0.2, -0.15) is 0 Å². The first-order chi connectivity index (χ1) is 13.7. The smallest absolute Gasteiger partial charge is 0.226 e. The molecule has 3 heterocycles. The van der Waals surface area contributed by atoms with Gasteiger partial charge in [0.15, 0.2) is 0 Å². The van der Waals surface area contributed by atoms with Crippen LogP contribution in [0, 0.1) is 5.92 Å². The highest BCUT2D eigenvalue weighted by Gasteiger charge is 2.32. The second kappa shape index (κ2) is 10.9. The number of amides is 1. The molecule has 156 valence electrons. The molecule has 1 aromatic heterocycles. The third-order valence-corrected chi connectivity index (χ3v) is 6.25. The Bertz CT molecular complexity index is 589. The zero-order chi connectivity index (χ0) is 19.8. The van der Waals surface area contributed by atoms with Crippen molar-refractivity contribution in [2.45, 2.75) is 44.7 Å². The molecule has 0 bridgehead atoms. The molecule has 6 heteroatoms. The predicted molar refractivity (Wildman–Crippen MR) is 111 cm³/mol. The zero-order valence-corrected chi connectivity index (χ0v) is 17.6. The monoisotopic (exact) mass is 388 g/mol. The van der Waals surface area contributed by atoms with Crippen molar-refractivity contribution in [3.8, 4) is 0 Å². The Hall–Kier alpha value is -1.50. The number of nitrogens with zero attached hydrogens (tertiary/aromatic N) is 4. The Balaban J connectivity index is 1.44. The molecule has 1 aromatic rings. The highest BCUT2D eigenvalue weighted by molar-refractivity contribution is 5.78. The van der Waals surface area contributed by atoms with E-state index >= 15 is 0 Å². The van der Waals surface area contributed by atoms with E-state index in [2.05, 4.69) is 26.9 Å². The third kappa shape index (κ3) is 6.00. The normalized spacial score (nSPS) is 22.3. The molecule has 1 atom stereocenters. The predicted octanol–water partition coefficient (Wildman–Crippen LogP) is 2.25. The van der Waals surface area contributed by atoms with Gasteiger partial charge < -0.3 is 9.64 Å². The third-order valence-electron chi connectivity index (χ3n) is 6.25. The van der Waals surface area contributed by atoms with Gasteiger partial charge in [0.1, 0.15) is 0 Å².